The van der Waals surface area contributed by atoms with Crippen LogP contribution in [0, 0.1) is 0 Å². The van der Waals surface area contributed by atoms with Crippen LogP contribution in [0.25, 0.3) is 11.2 Å². The summed E-state index contributed by atoms with van der Waals surface area (Å²) < 4.78 is 1.83. The number of aliphatic hydroxyl groups is 1. The summed E-state index contributed by atoms with van der Waals surface area (Å²) in [6.07, 6.45) is 3.36. The van der Waals surface area contributed by atoms with Crippen molar-refractivity contribution >= 4 is 17.1 Å². The second-order valence-electron chi connectivity index (χ2n) is 2.65. The number of nitrogens with one attached hydrogen (secondary N) is 1. The van der Waals surface area contributed by atoms with E-state index in [0.29, 0.717) is 12.2 Å². The molecule has 0 saturated carbocycles. The molecule has 0 atom stereocenters. The highest BCUT2D eigenvalue weighted by atomic mass is 16.3. The van der Waals surface area contributed by atoms with Crippen LogP contribution in [0.5, 0.6) is 0 Å². The summed E-state index contributed by atoms with van der Waals surface area (Å²) in [6.45, 7) is 0.606. The molecule has 0 unspecified atom stereocenters. The maximum atomic E-state index is 8.75. The topological polar surface area (TPSA) is 91.7 Å². The van der Waals surface area contributed by atoms with E-state index < -0.39 is 0 Å². The third-order valence-electron chi connectivity index (χ3n) is 1.80. The molecule has 13 heavy (non-hydrogen) atoms. The molecule has 0 fully saturated rings. The van der Waals surface area contributed by atoms with Crippen molar-refractivity contribution in [1.82, 2.24) is 15.0 Å². The summed E-state index contributed by atoms with van der Waals surface area (Å²) in [5.74, 6) is 0.241. The second kappa shape index (κ2) is 2.98. The predicted molar refractivity (Wildman–Crippen MR) is 45.6 cm³/mol. The maximum Gasteiger partial charge on any atom is 0.271 e. The lowest BCUT2D eigenvalue weighted by Gasteiger charge is -1.92. The Labute approximate surface area is 74.1 Å². The molecule has 0 aliphatic rings. The molecular weight excluding hydrogens is 170 g/mol. The van der Waals surface area contributed by atoms with Crippen LogP contribution in [0.1, 0.15) is 0 Å². The first-order valence-corrected chi connectivity index (χ1v) is 3.91. The fourth-order valence-corrected chi connectivity index (χ4v) is 1.21. The standard InChI is InChI=1S/C7H9N5O/c8-7-9-3-5-6(11-7)10-4-12(5)1-2-13/h3-4,13H,1-2H2,(H2,8,9,11)/p+1. The van der Waals surface area contributed by atoms with Gasteiger partial charge in [-0.1, -0.05) is 0 Å². The van der Waals surface area contributed by atoms with Crippen LogP contribution >= 0.6 is 0 Å². The van der Waals surface area contributed by atoms with Gasteiger partial charge in [-0.15, -0.1) is 0 Å². The SMILES string of the molecule is Nc1ncc2c(n1)[nH]c[n+]2CCO. The van der Waals surface area contributed by atoms with Crippen LogP contribution in [0.15, 0.2) is 12.5 Å². The van der Waals surface area contributed by atoms with Gasteiger partial charge in [0.1, 0.15) is 6.54 Å². The predicted octanol–water partition coefficient (Wildman–Crippen LogP) is -1.18. The zero-order valence-electron chi connectivity index (χ0n) is 6.94. The van der Waals surface area contributed by atoms with Crippen molar-refractivity contribution in [2.75, 3.05) is 12.3 Å². The summed E-state index contributed by atoms with van der Waals surface area (Å²) in [5.41, 5.74) is 6.92. The highest BCUT2D eigenvalue weighted by Gasteiger charge is 2.10. The van der Waals surface area contributed by atoms with E-state index in [1.54, 1.807) is 12.5 Å². The number of anilines is 1. The number of aromatic amines is 1. The molecule has 0 aliphatic heterocycles. The molecule has 68 valence electrons. The fraction of sp³-hybridized carbons (Fsp3) is 0.286. The van der Waals surface area contributed by atoms with Gasteiger partial charge in [0, 0.05) is 0 Å². The number of fused-ring (bicyclic) bond motifs is 1. The Bertz CT molecular complexity index is 424. The molecule has 0 saturated heterocycles. The molecule has 0 radical (unpaired) electrons. The molecule has 0 bridgehead atoms. The van der Waals surface area contributed by atoms with E-state index in [4.69, 9.17) is 10.8 Å². The van der Waals surface area contributed by atoms with Gasteiger partial charge < -0.3 is 10.8 Å². The van der Waals surface area contributed by atoms with E-state index in [1.165, 1.54) is 0 Å². The Hall–Kier alpha value is -1.69. The Balaban J connectivity index is 2.55. The van der Waals surface area contributed by atoms with E-state index in [1.807, 2.05) is 4.57 Å². The van der Waals surface area contributed by atoms with Gasteiger partial charge in [-0.25, -0.2) is 14.5 Å². The van der Waals surface area contributed by atoms with Crippen molar-refractivity contribution in [2.24, 2.45) is 0 Å². The average Bonchev–Trinajstić information content (AvgIpc) is 2.49. The van der Waals surface area contributed by atoms with E-state index in [2.05, 4.69) is 15.0 Å². The number of aliphatic hydroxyl groups excluding tert-OH is 1. The first-order chi connectivity index (χ1) is 6.31. The Morgan fingerprint density at radius 3 is 3.23 bits per heavy atom. The van der Waals surface area contributed by atoms with Crippen molar-refractivity contribution in [3.63, 3.8) is 0 Å². The molecule has 6 nitrogen and oxygen atoms in total. The van der Waals surface area contributed by atoms with Crippen LogP contribution in [0.3, 0.4) is 0 Å². The quantitative estimate of drug-likeness (QED) is 0.507. The average molecular weight is 180 g/mol. The van der Waals surface area contributed by atoms with Crippen LogP contribution in [-0.4, -0.2) is 26.7 Å². The van der Waals surface area contributed by atoms with Gasteiger partial charge in [0.25, 0.3) is 5.65 Å². The second-order valence-corrected chi connectivity index (χ2v) is 2.65. The third kappa shape index (κ3) is 1.31. The molecule has 4 N–H and O–H groups in total. The van der Waals surface area contributed by atoms with E-state index in [-0.39, 0.29) is 12.6 Å². The maximum absolute atomic E-state index is 8.75. The zero-order valence-corrected chi connectivity index (χ0v) is 6.94. The van der Waals surface area contributed by atoms with Gasteiger partial charge in [0.2, 0.25) is 17.8 Å². The largest absolute Gasteiger partial charge is 0.392 e. The minimum absolute atomic E-state index is 0.0853. The highest BCUT2D eigenvalue weighted by molar-refractivity contribution is 5.65. The Morgan fingerprint density at radius 1 is 1.62 bits per heavy atom. The number of nitrogens with zero attached hydrogens (tertiary/aromatic N) is 3. The number of rotatable bonds is 2. The van der Waals surface area contributed by atoms with Crippen molar-refractivity contribution in [3.8, 4) is 0 Å². The highest BCUT2D eigenvalue weighted by Crippen LogP contribution is 2.02. The van der Waals surface area contributed by atoms with Gasteiger partial charge in [0.15, 0.2) is 0 Å². The molecule has 0 spiro atoms. The number of nitrogens with two attached hydrogens (primary N) is 1. The van der Waals surface area contributed by atoms with E-state index in [0.717, 1.165) is 5.52 Å². The molecule has 2 heterocycles. The number of hydrogen-bond donors (Lipinski definition) is 3. The van der Waals surface area contributed by atoms with Gasteiger partial charge in [-0.3, -0.25) is 0 Å². The third-order valence-corrected chi connectivity index (χ3v) is 1.80. The monoisotopic (exact) mass is 180 g/mol. The van der Waals surface area contributed by atoms with Gasteiger partial charge in [0.05, 0.1) is 12.8 Å². The molecule has 0 aliphatic carbocycles. The van der Waals surface area contributed by atoms with Crippen LogP contribution < -0.4 is 10.3 Å². The minimum Gasteiger partial charge on any atom is -0.392 e. The van der Waals surface area contributed by atoms with Crippen LogP contribution in [0.4, 0.5) is 5.95 Å². The van der Waals surface area contributed by atoms with Crippen molar-refractivity contribution in [1.29, 1.82) is 0 Å². The summed E-state index contributed by atoms with van der Waals surface area (Å²) in [7, 11) is 0. The molecule has 6 heteroatoms. The summed E-state index contributed by atoms with van der Waals surface area (Å²) in [6, 6.07) is 0. The van der Waals surface area contributed by atoms with E-state index >= 15 is 0 Å². The lowest BCUT2D eigenvalue weighted by atomic mass is 10.5. The van der Waals surface area contributed by atoms with Crippen molar-refractivity contribution < 1.29 is 9.67 Å². The summed E-state index contributed by atoms with van der Waals surface area (Å²) in [5, 5.41) is 8.75. The number of aromatic nitrogens is 4. The summed E-state index contributed by atoms with van der Waals surface area (Å²) >= 11 is 0. The van der Waals surface area contributed by atoms with Crippen LogP contribution in [0.2, 0.25) is 0 Å². The molecule has 2 aromatic heterocycles. The molecular formula is C7H10N5O+. The van der Waals surface area contributed by atoms with Crippen molar-refractivity contribution in [2.45, 2.75) is 6.54 Å². The normalized spacial score (nSPS) is 10.8. The number of H-pyrrole nitrogens is 1. The molecule has 0 amide bonds. The number of hydrogen-bond acceptors (Lipinski definition) is 4. The minimum atomic E-state index is 0.0853. The zero-order chi connectivity index (χ0) is 9.26. The molecule has 2 aromatic rings. The smallest absolute Gasteiger partial charge is 0.271 e. The fourth-order valence-electron chi connectivity index (χ4n) is 1.21. The Morgan fingerprint density at radius 2 is 2.46 bits per heavy atom. The van der Waals surface area contributed by atoms with Crippen molar-refractivity contribution in [3.05, 3.63) is 12.5 Å². The first-order valence-electron chi connectivity index (χ1n) is 3.91. The lowest BCUT2D eigenvalue weighted by molar-refractivity contribution is -0.672. The first kappa shape index (κ1) is 7.93. The van der Waals surface area contributed by atoms with E-state index in [9.17, 15) is 0 Å². The number of nitrogen functional groups attached to an aromatic ring is 1. The van der Waals surface area contributed by atoms with Gasteiger partial charge >= 0.3 is 0 Å². The molecule has 2 rings (SSSR count). The number of imidazole rings is 1. The van der Waals surface area contributed by atoms with Crippen LogP contribution in [-0.2, 0) is 6.54 Å². The summed E-state index contributed by atoms with van der Waals surface area (Å²) in [4.78, 5) is 10.8. The lowest BCUT2D eigenvalue weighted by Crippen LogP contribution is -2.33. The van der Waals surface area contributed by atoms with Gasteiger partial charge in [-0.2, -0.15) is 4.98 Å². The van der Waals surface area contributed by atoms with Gasteiger partial charge in [-0.05, 0) is 0 Å². The molecule has 0 aromatic carbocycles. The Kier molecular flexibility index (Phi) is 1.82.